The lowest BCUT2D eigenvalue weighted by molar-refractivity contribution is -0.0325. The average molecular weight is 499 g/mol. The van der Waals surface area contributed by atoms with Crippen LogP contribution in [0.2, 0.25) is 0 Å². The summed E-state index contributed by atoms with van der Waals surface area (Å²) in [7, 11) is 0. The SMILES string of the molecule is O=C(NC(OCC1CCCN2CCCCC12)C(Cl)(Cl)Cl)c1ccc(Br)cc1. The van der Waals surface area contributed by atoms with Crippen LogP contribution in [0.1, 0.15) is 42.5 Å². The van der Waals surface area contributed by atoms with Gasteiger partial charge in [-0.3, -0.25) is 4.79 Å². The smallest absolute Gasteiger partial charge is 0.253 e. The van der Waals surface area contributed by atoms with Crippen LogP contribution in [0.15, 0.2) is 28.7 Å². The molecule has 0 saturated carbocycles. The van der Waals surface area contributed by atoms with Crippen molar-refractivity contribution in [2.24, 2.45) is 5.92 Å². The number of nitrogens with one attached hydrogen (secondary N) is 1. The zero-order chi connectivity index (χ0) is 19.4. The molecular weight excluding hydrogens is 474 g/mol. The molecule has 2 fully saturated rings. The van der Waals surface area contributed by atoms with Crippen molar-refractivity contribution in [2.75, 3.05) is 19.7 Å². The van der Waals surface area contributed by atoms with Crippen molar-refractivity contribution in [3.8, 4) is 0 Å². The number of nitrogens with zero attached hydrogens (tertiary/aromatic N) is 1. The third-order valence-electron chi connectivity index (χ3n) is 5.37. The van der Waals surface area contributed by atoms with Crippen LogP contribution in [-0.2, 0) is 4.74 Å². The van der Waals surface area contributed by atoms with Crippen LogP contribution in [0.4, 0.5) is 0 Å². The molecule has 0 radical (unpaired) electrons. The molecule has 0 spiro atoms. The van der Waals surface area contributed by atoms with Crippen LogP contribution in [0.3, 0.4) is 0 Å². The van der Waals surface area contributed by atoms with E-state index in [4.69, 9.17) is 39.5 Å². The normalized spacial score (nSPS) is 24.9. The molecule has 3 unspecified atom stereocenters. The highest BCUT2D eigenvalue weighted by atomic mass is 79.9. The molecule has 8 heteroatoms. The zero-order valence-corrected chi connectivity index (χ0v) is 18.8. The van der Waals surface area contributed by atoms with Crippen LogP contribution in [0, 0.1) is 5.92 Å². The predicted molar refractivity (Wildman–Crippen MR) is 114 cm³/mol. The molecule has 2 heterocycles. The molecule has 3 atom stereocenters. The van der Waals surface area contributed by atoms with Gasteiger partial charge in [0, 0.05) is 16.1 Å². The molecule has 1 aromatic rings. The molecule has 1 N–H and O–H groups in total. The molecule has 2 aliphatic rings. The number of alkyl halides is 3. The highest BCUT2D eigenvalue weighted by Crippen LogP contribution is 2.34. The van der Waals surface area contributed by atoms with Gasteiger partial charge in [-0.25, -0.2) is 0 Å². The number of piperidine rings is 2. The number of hydrogen-bond donors (Lipinski definition) is 1. The third kappa shape index (κ3) is 5.97. The first-order chi connectivity index (χ1) is 12.8. The van der Waals surface area contributed by atoms with Crippen LogP contribution in [-0.4, -0.2) is 46.6 Å². The number of ether oxygens (including phenoxy) is 1. The minimum atomic E-state index is -1.74. The summed E-state index contributed by atoms with van der Waals surface area (Å²) in [5.41, 5.74) is 0.483. The van der Waals surface area contributed by atoms with Gasteiger partial charge in [0.1, 0.15) is 0 Å². The molecule has 0 bridgehead atoms. The lowest BCUT2D eigenvalue weighted by atomic mass is 9.84. The highest BCUT2D eigenvalue weighted by Gasteiger charge is 2.38. The largest absolute Gasteiger partial charge is 0.354 e. The zero-order valence-electron chi connectivity index (χ0n) is 15.0. The predicted octanol–water partition coefficient (Wildman–Crippen LogP) is 5.16. The Bertz CT molecular complexity index is 637. The number of rotatable bonds is 5. The van der Waals surface area contributed by atoms with E-state index < -0.39 is 10.0 Å². The Morgan fingerprint density at radius 2 is 1.89 bits per heavy atom. The van der Waals surface area contributed by atoms with Crippen LogP contribution >= 0.6 is 50.7 Å². The molecule has 150 valence electrons. The number of carbonyl (C=O) groups is 1. The van der Waals surface area contributed by atoms with Gasteiger partial charge in [0.25, 0.3) is 5.91 Å². The fourth-order valence-corrected chi connectivity index (χ4v) is 4.63. The standard InChI is InChI=1S/C19H24BrCl3N2O2/c20-15-8-6-13(7-9-15)17(26)24-18(19(21,22)23)27-12-14-4-3-11-25-10-2-1-5-16(14)25/h6-9,14,16,18H,1-5,10-12H2,(H,24,26). The summed E-state index contributed by atoms with van der Waals surface area (Å²) in [5, 5.41) is 2.72. The van der Waals surface area contributed by atoms with Crippen LogP contribution in [0.25, 0.3) is 0 Å². The highest BCUT2D eigenvalue weighted by molar-refractivity contribution is 9.10. The van der Waals surface area contributed by atoms with E-state index in [1.54, 1.807) is 24.3 Å². The number of fused-ring (bicyclic) bond motifs is 1. The lowest BCUT2D eigenvalue weighted by Gasteiger charge is -2.44. The Labute approximate surface area is 184 Å². The van der Waals surface area contributed by atoms with Crippen molar-refractivity contribution in [2.45, 2.75) is 48.2 Å². The van der Waals surface area contributed by atoms with Crippen molar-refractivity contribution >= 4 is 56.6 Å². The Kier molecular flexibility index (Phi) is 7.73. The van der Waals surface area contributed by atoms with E-state index in [0.717, 1.165) is 30.4 Å². The second-order valence-electron chi connectivity index (χ2n) is 7.24. The second kappa shape index (κ2) is 9.64. The summed E-state index contributed by atoms with van der Waals surface area (Å²) in [4.78, 5) is 15.1. The van der Waals surface area contributed by atoms with Gasteiger partial charge in [-0.15, -0.1) is 0 Å². The fraction of sp³-hybridized carbons (Fsp3) is 0.632. The van der Waals surface area contributed by atoms with Crippen molar-refractivity contribution < 1.29 is 9.53 Å². The topological polar surface area (TPSA) is 41.6 Å². The van der Waals surface area contributed by atoms with Crippen molar-refractivity contribution in [3.05, 3.63) is 34.3 Å². The summed E-state index contributed by atoms with van der Waals surface area (Å²) in [6.07, 6.45) is 4.98. The van der Waals surface area contributed by atoms with Crippen LogP contribution < -0.4 is 5.32 Å². The summed E-state index contributed by atoms with van der Waals surface area (Å²) >= 11 is 21.6. The van der Waals surface area contributed by atoms with Gasteiger partial charge in [0.2, 0.25) is 3.79 Å². The summed E-state index contributed by atoms with van der Waals surface area (Å²) < 4.78 is 5.09. The number of amides is 1. The maximum absolute atomic E-state index is 12.5. The van der Waals surface area contributed by atoms with E-state index in [-0.39, 0.29) is 5.91 Å². The second-order valence-corrected chi connectivity index (χ2v) is 10.5. The van der Waals surface area contributed by atoms with Gasteiger partial charge in [0.05, 0.1) is 6.61 Å². The van der Waals surface area contributed by atoms with Crippen molar-refractivity contribution in [1.82, 2.24) is 10.2 Å². The molecule has 1 aromatic carbocycles. The Morgan fingerprint density at radius 3 is 2.59 bits per heavy atom. The maximum atomic E-state index is 12.5. The van der Waals surface area contributed by atoms with E-state index in [0.29, 0.717) is 24.1 Å². The summed E-state index contributed by atoms with van der Waals surface area (Å²) in [6.45, 7) is 2.80. The van der Waals surface area contributed by atoms with Gasteiger partial charge < -0.3 is 15.0 Å². The molecule has 0 aromatic heterocycles. The van der Waals surface area contributed by atoms with Crippen molar-refractivity contribution in [1.29, 1.82) is 0 Å². The molecular formula is C19H24BrCl3N2O2. The third-order valence-corrected chi connectivity index (χ3v) is 6.49. The number of benzene rings is 1. The monoisotopic (exact) mass is 496 g/mol. The first-order valence-corrected chi connectivity index (χ1v) is 11.3. The first kappa shape index (κ1) is 21.7. The molecule has 3 rings (SSSR count). The van der Waals surface area contributed by atoms with E-state index in [2.05, 4.69) is 26.1 Å². The molecule has 2 aliphatic heterocycles. The first-order valence-electron chi connectivity index (χ1n) is 9.33. The van der Waals surface area contributed by atoms with E-state index in [1.165, 1.54) is 19.3 Å². The quantitative estimate of drug-likeness (QED) is 0.451. The number of carbonyl (C=O) groups excluding carboxylic acids is 1. The maximum Gasteiger partial charge on any atom is 0.253 e. The fourth-order valence-electron chi connectivity index (χ4n) is 4.01. The van der Waals surface area contributed by atoms with Gasteiger partial charge >= 0.3 is 0 Å². The Morgan fingerprint density at radius 1 is 1.19 bits per heavy atom. The molecule has 2 saturated heterocycles. The van der Waals surface area contributed by atoms with Gasteiger partial charge in [-0.2, -0.15) is 0 Å². The van der Waals surface area contributed by atoms with E-state index >= 15 is 0 Å². The summed E-state index contributed by atoms with van der Waals surface area (Å²) in [5.74, 6) is 0.0697. The van der Waals surface area contributed by atoms with E-state index in [1.807, 2.05) is 0 Å². The Hall–Kier alpha value is -0.0400. The average Bonchev–Trinajstić information content (AvgIpc) is 2.64. The molecule has 1 amide bonds. The minimum Gasteiger partial charge on any atom is -0.354 e. The number of hydrogen-bond acceptors (Lipinski definition) is 3. The Balaban J connectivity index is 1.61. The minimum absolute atomic E-state index is 0.332. The molecule has 27 heavy (non-hydrogen) atoms. The van der Waals surface area contributed by atoms with Gasteiger partial charge in [0.15, 0.2) is 6.23 Å². The summed E-state index contributed by atoms with van der Waals surface area (Å²) in [6, 6.07) is 7.52. The number of halogens is 4. The van der Waals surface area contributed by atoms with Gasteiger partial charge in [-0.1, -0.05) is 57.2 Å². The molecule has 0 aliphatic carbocycles. The van der Waals surface area contributed by atoms with E-state index in [9.17, 15) is 4.79 Å². The van der Waals surface area contributed by atoms with Crippen LogP contribution in [0.5, 0.6) is 0 Å². The lowest BCUT2D eigenvalue weighted by Crippen LogP contribution is -2.51. The van der Waals surface area contributed by atoms with Crippen molar-refractivity contribution in [3.63, 3.8) is 0 Å². The van der Waals surface area contributed by atoms with Gasteiger partial charge in [-0.05, 0) is 69.0 Å². The molecule has 4 nitrogen and oxygen atoms in total.